The average Bonchev–Trinajstić information content (AvgIpc) is 2.94. The summed E-state index contributed by atoms with van der Waals surface area (Å²) in [6.07, 6.45) is 10.2. The molecule has 4 rings (SSSR count). The van der Waals surface area contributed by atoms with Crippen LogP contribution in [0.15, 0.2) is 6.20 Å². The van der Waals surface area contributed by atoms with Gasteiger partial charge in [0.15, 0.2) is 0 Å². The van der Waals surface area contributed by atoms with Crippen molar-refractivity contribution in [1.29, 1.82) is 0 Å². The van der Waals surface area contributed by atoms with Gasteiger partial charge in [0, 0.05) is 31.9 Å². The van der Waals surface area contributed by atoms with Crippen LogP contribution in [-0.2, 0) is 30.5 Å². The number of hydrogen-bond acceptors (Lipinski definition) is 3. The van der Waals surface area contributed by atoms with Crippen LogP contribution in [0, 0.1) is 5.92 Å². The Hall–Kier alpha value is -0.840. The fraction of sp³-hybridized carbons (Fsp3) is 0.667. The van der Waals surface area contributed by atoms with E-state index in [0.29, 0.717) is 0 Å². The second-order valence-electron chi connectivity index (χ2n) is 6.67. The van der Waals surface area contributed by atoms with Gasteiger partial charge in [0.1, 0.15) is 11.3 Å². The molecule has 1 fully saturated rings. The number of halogens is 2. The van der Waals surface area contributed by atoms with Gasteiger partial charge in [0.05, 0.1) is 11.7 Å². The Balaban J connectivity index is 0.00000104. The monoisotopic (exact) mass is 371 g/mol. The maximum atomic E-state index is 5.52. The molecule has 0 bridgehead atoms. The Morgan fingerprint density at radius 1 is 1.17 bits per heavy atom. The van der Waals surface area contributed by atoms with Gasteiger partial charge in [-0.25, -0.2) is 4.98 Å². The fourth-order valence-corrected chi connectivity index (χ4v) is 4.01. The maximum Gasteiger partial charge on any atom is 0.109 e. The SMILES string of the molecule is CCc1nc2cnc3c(c2n1CC1CCOCC1)CCCC3.Cl.Cl. The third kappa shape index (κ3) is 3.56. The quantitative estimate of drug-likeness (QED) is 0.813. The van der Waals surface area contributed by atoms with Crippen molar-refractivity contribution < 1.29 is 4.74 Å². The molecule has 0 N–H and O–H groups in total. The Kier molecular flexibility index (Phi) is 6.90. The number of pyridine rings is 1. The van der Waals surface area contributed by atoms with Gasteiger partial charge in [-0.3, -0.25) is 4.98 Å². The molecule has 134 valence electrons. The molecule has 4 nitrogen and oxygen atoms in total. The van der Waals surface area contributed by atoms with Crippen molar-refractivity contribution in [2.75, 3.05) is 13.2 Å². The molecule has 1 saturated heterocycles. The molecule has 0 unspecified atom stereocenters. The van der Waals surface area contributed by atoms with Gasteiger partial charge < -0.3 is 9.30 Å². The molecule has 0 spiro atoms. The molecule has 24 heavy (non-hydrogen) atoms. The first-order valence-corrected chi connectivity index (χ1v) is 8.80. The largest absolute Gasteiger partial charge is 0.381 e. The first-order valence-electron chi connectivity index (χ1n) is 8.80. The van der Waals surface area contributed by atoms with Gasteiger partial charge in [0.25, 0.3) is 0 Å². The second-order valence-corrected chi connectivity index (χ2v) is 6.67. The highest BCUT2D eigenvalue weighted by molar-refractivity contribution is 5.85. The summed E-state index contributed by atoms with van der Waals surface area (Å²) in [5, 5.41) is 0. The minimum absolute atomic E-state index is 0. The van der Waals surface area contributed by atoms with Crippen LogP contribution in [0.2, 0.25) is 0 Å². The van der Waals surface area contributed by atoms with E-state index >= 15 is 0 Å². The van der Waals surface area contributed by atoms with Gasteiger partial charge in [-0.05, 0) is 50.0 Å². The summed E-state index contributed by atoms with van der Waals surface area (Å²) < 4.78 is 8.03. The van der Waals surface area contributed by atoms with Gasteiger partial charge >= 0.3 is 0 Å². The van der Waals surface area contributed by atoms with Crippen molar-refractivity contribution in [1.82, 2.24) is 14.5 Å². The van der Waals surface area contributed by atoms with Gasteiger partial charge in [0.2, 0.25) is 0 Å². The van der Waals surface area contributed by atoms with Crippen molar-refractivity contribution in [3.05, 3.63) is 23.3 Å². The van der Waals surface area contributed by atoms with Crippen molar-refractivity contribution in [2.45, 2.75) is 58.4 Å². The van der Waals surface area contributed by atoms with Crippen LogP contribution in [0.1, 0.15) is 49.7 Å². The molecule has 2 aromatic rings. The predicted molar refractivity (Wildman–Crippen MR) is 102 cm³/mol. The van der Waals surface area contributed by atoms with Gasteiger partial charge in [-0.1, -0.05) is 6.92 Å². The Labute approximate surface area is 156 Å². The molecular weight excluding hydrogens is 345 g/mol. The molecule has 0 radical (unpaired) electrons. The first-order chi connectivity index (χ1) is 10.9. The van der Waals surface area contributed by atoms with Crippen LogP contribution in [-0.4, -0.2) is 27.7 Å². The highest BCUT2D eigenvalue weighted by atomic mass is 35.5. The molecule has 6 heteroatoms. The number of rotatable bonds is 3. The second kappa shape index (κ2) is 8.50. The lowest BCUT2D eigenvalue weighted by Gasteiger charge is -2.24. The van der Waals surface area contributed by atoms with Crippen molar-refractivity contribution in [3.8, 4) is 0 Å². The van der Waals surface area contributed by atoms with E-state index in [0.717, 1.165) is 44.0 Å². The smallest absolute Gasteiger partial charge is 0.109 e. The van der Waals surface area contributed by atoms with E-state index in [2.05, 4.69) is 16.5 Å². The molecular formula is C18H27Cl2N3O. The average molecular weight is 372 g/mol. The summed E-state index contributed by atoms with van der Waals surface area (Å²) in [4.78, 5) is 9.56. The van der Waals surface area contributed by atoms with Gasteiger partial charge in [-0.15, -0.1) is 24.8 Å². The molecule has 3 heterocycles. The van der Waals surface area contributed by atoms with Gasteiger partial charge in [-0.2, -0.15) is 0 Å². The van der Waals surface area contributed by atoms with E-state index in [1.807, 2.05) is 6.20 Å². The zero-order valence-corrected chi connectivity index (χ0v) is 15.9. The van der Waals surface area contributed by atoms with E-state index in [1.54, 1.807) is 0 Å². The Morgan fingerprint density at radius 2 is 1.92 bits per heavy atom. The number of imidazole rings is 1. The lowest BCUT2D eigenvalue weighted by Crippen LogP contribution is -2.21. The van der Waals surface area contributed by atoms with E-state index in [-0.39, 0.29) is 24.8 Å². The lowest BCUT2D eigenvalue weighted by atomic mass is 9.94. The first kappa shape index (κ1) is 19.5. The minimum atomic E-state index is 0. The van der Waals surface area contributed by atoms with Crippen LogP contribution in [0.4, 0.5) is 0 Å². The maximum absolute atomic E-state index is 5.52. The van der Waals surface area contributed by atoms with E-state index < -0.39 is 0 Å². The summed E-state index contributed by atoms with van der Waals surface area (Å²) in [6.45, 7) is 5.14. The number of nitrogens with zero attached hydrogens (tertiary/aromatic N) is 3. The third-order valence-corrected chi connectivity index (χ3v) is 5.24. The highest BCUT2D eigenvalue weighted by Gasteiger charge is 2.22. The number of aromatic nitrogens is 3. The highest BCUT2D eigenvalue weighted by Crippen LogP contribution is 2.30. The third-order valence-electron chi connectivity index (χ3n) is 5.24. The predicted octanol–water partition coefficient (Wildman–Crippen LogP) is 4.14. The number of fused-ring (bicyclic) bond motifs is 3. The summed E-state index contributed by atoms with van der Waals surface area (Å²) >= 11 is 0. The van der Waals surface area contributed by atoms with Crippen LogP contribution >= 0.6 is 24.8 Å². The molecule has 0 aromatic carbocycles. The van der Waals surface area contributed by atoms with Crippen LogP contribution in [0.3, 0.4) is 0 Å². The number of hydrogen-bond donors (Lipinski definition) is 0. The Morgan fingerprint density at radius 3 is 2.67 bits per heavy atom. The number of ether oxygens (including phenoxy) is 1. The van der Waals surface area contributed by atoms with Crippen molar-refractivity contribution in [3.63, 3.8) is 0 Å². The molecule has 0 saturated carbocycles. The molecule has 0 atom stereocenters. The molecule has 1 aliphatic carbocycles. The minimum Gasteiger partial charge on any atom is -0.381 e. The summed E-state index contributed by atoms with van der Waals surface area (Å²) in [6, 6.07) is 0. The van der Waals surface area contributed by atoms with E-state index in [1.165, 1.54) is 54.7 Å². The summed E-state index contributed by atoms with van der Waals surface area (Å²) in [5.41, 5.74) is 5.27. The zero-order chi connectivity index (χ0) is 14.9. The van der Waals surface area contributed by atoms with Crippen LogP contribution < -0.4 is 0 Å². The topological polar surface area (TPSA) is 39.9 Å². The zero-order valence-electron chi connectivity index (χ0n) is 14.3. The molecule has 0 amide bonds. The van der Waals surface area contributed by atoms with Crippen molar-refractivity contribution >= 4 is 35.8 Å². The van der Waals surface area contributed by atoms with E-state index in [9.17, 15) is 0 Å². The summed E-state index contributed by atoms with van der Waals surface area (Å²) in [7, 11) is 0. The molecule has 1 aliphatic heterocycles. The van der Waals surface area contributed by atoms with Crippen LogP contribution in [0.25, 0.3) is 11.0 Å². The van der Waals surface area contributed by atoms with E-state index in [4.69, 9.17) is 9.72 Å². The fourth-order valence-electron chi connectivity index (χ4n) is 4.01. The normalized spacial score (nSPS) is 17.9. The molecule has 2 aliphatic rings. The number of aryl methyl sites for hydroxylation is 3. The Bertz CT molecular complexity index is 680. The van der Waals surface area contributed by atoms with Crippen LogP contribution in [0.5, 0.6) is 0 Å². The summed E-state index contributed by atoms with van der Waals surface area (Å²) in [5.74, 6) is 1.95. The lowest BCUT2D eigenvalue weighted by molar-refractivity contribution is 0.0613. The standard InChI is InChI=1S/C18H25N3O.2ClH/c1-2-17-20-16-11-19-15-6-4-3-5-14(15)18(16)21(17)12-13-7-9-22-10-8-13;;/h11,13H,2-10,12H2,1H3;2*1H. The molecule has 2 aromatic heterocycles. The van der Waals surface area contributed by atoms with Crippen molar-refractivity contribution in [2.24, 2.45) is 5.92 Å².